The first-order valence-corrected chi connectivity index (χ1v) is 6.25. The molecule has 0 aromatic heterocycles. The van der Waals surface area contributed by atoms with Crippen LogP contribution in [0.4, 0.5) is 0 Å². The number of nitrogens with one attached hydrogen (secondary N) is 1. The van der Waals surface area contributed by atoms with Crippen LogP contribution in [0.15, 0.2) is 0 Å². The van der Waals surface area contributed by atoms with Gasteiger partial charge in [-0.25, -0.2) is 0 Å². The number of nitrogens with zero attached hydrogens (tertiary/aromatic N) is 1. The number of amides is 2. The van der Waals surface area contributed by atoms with Crippen LogP contribution in [0.3, 0.4) is 0 Å². The topological polar surface area (TPSA) is 86.7 Å². The van der Waals surface area contributed by atoms with E-state index in [0.717, 1.165) is 0 Å². The van der Waals surface area contributed by atoms with E-state index >= 15 is 0 Å². The van der Waals surface area contributed by atoms with Gasteiger partial charge in [0, 0.05) is 26.1 Å². The van der Waals surface area contributed by atoms with Gasteiger partial charge in [0.1, 0.15) is 5.41 Å². The molecule has 6 heteroatoms. The van der Waals surface area contributed by atoms with Gasteiger partial charge in [0.05, 0.1) is 0 Å². The van der Waals surface area contributed by atoms with E-state index in [0.29, 0.717) is 38.8 Å². The second kappa shape index (κ2) is 4.59. The summed E-state index contributed by atoms with van der Waals surface area (Å²) in [6.45, 7) is 2.53. The lowest BCUT2D eigenvalue weighted by molar-refractivity contribution is -0.153. The van der Waals surface area contributed by atoms with Gasteiger partial charge in [-0.2, -0.15) is 0 Å². The largest absolute Gasteiger partial charge is 0.480 e. The third kappa shape index (κ3) is 2.32. The fraction of sp³-hybridized carbons (Fsp3) is 0.750. The van der Waals surface area contributed by atoms with Gasteiger partial charge in [0.25, 0.3) is 0 Å². The third-order valence-corrected chi connectivity index (χ3v) is 3.76. The van der Waals surface area contributed by atoms with E-state index in [1.54, 1.807) is 4.90 Å². The Hall–Kier alpha value is -1.59. The molecule has 0 unspecified atom stereocenters. The number of carbonyl (C=O) groups is 3. The molecular weight excluding hydrogens is 236 g/mol. The summed E-state index contributed by atoms with van der Waals surface area (Å²) in [5.74, 6) is -1.32. The molecule has 2 aliphatic rings. The highest BCUT2D eigenvalue weighted by Gasteiger charge is 2.58. The minimum absolute atomic E-state index is 0.0658. The normalized spacial score (nSPS) is 22.4. The Balaban J connectivity index is 1.88. The lowest BCUT2D eigenvalue weighted by atomic mass is 10.0. The molecule has 0 bridgehead atoms. The van der Waals surface area contributed by atoms with Crippen molar-refractivity contribution in [1.82, 2.24) is 10.2 Å². The standard InChI is InChI=1S/C12H18N2O4/c1-8(15)13-9-2-6-14(7-3-9)10(16)12(4-5-12)11(17)18/h9H,2-7H2,1H3,(H,13,15)(H,17,18). The van der Waals surface area contributed by atoms with Crippen molar-refractivity contribution >= 4 is 17.8 Å². The maximum absolute atomic E-state index is 12.1. The molecular formula is C12H18N2O4. The molecule has 0 aromatic carbocycles. The van der Waals surface area contributed by atoms with Gasteiger partial charge >= 0.3 is 5.97 Å². The monoisotopic (exact) mass is 254 g/mol. The molecule has 2 fully saturated rings. The number of carboxylic acid groups (broad SMARTS) is 1. The quantitative estimate of drug-likeness (QED) is 0.693. The summed E-state index contributed by atoms with van der Waals surface area (Å²) in [6, 6.07) is 0.103. The van der Waals surface area contributed by atoms with E-state index in [4.69, 9.17) is 5.11 Å². The fourth-order valence-corrected chi connectivity index (χ4v) is 2.46. The molecule has 1 saturated heterocycles. The molecule has 18 heavy (non-hydrogen) atoms. The Kier molecular flexibility index (Phi) is 3.28. The summed E-state index contributed by atoms with van der Waals surface area (Å²) in [5.41, 5.74) is -1.14. The van der Waals surface area contributed by atoms with Crippen molar-refractivity contribution in [2.45, 2.75) is 38.6 Å². The van der Waals surface area contributed by atoms with Gasteiger partial charge in [0.15, 0.2) is 0 Å². The smallest absolute Gasteiger partial charge is 0.319 e. The molecule has 0 atom stereocenters. The number of carbonyl (C=O) groups excluding carboxylic acids is 2. The molecule has 2 N–H and O–H groups in total. The SMILES string of the molecule is CC(=O)NC1CCN(C(=O)C2(C(=O)O)CC2)CC1. The molecule has 2 rings (SSSR count). The van der Waals surface area contributed by atoms with Crippen LogP contribution in [0.5, 0.6) is 0 Å². The van der Waals surface area contributed by atoms with E-state index < -0.39 is 11.4 Å². The van der Waals surface area contributed by atoms with Crippen molar-refractivity contribution in [3.05, 3.63) is 0 Å². The summed E-state index contributed by atoms with van der Waals surface area (Å²) in [7, 11) is 0. The van der Waals surface area contributed by atoms with Gasteiger partial charge in [-0.3, -0.25) is 14.4 Å². The summed E-state index contributed by atoms with van der Waals surface area (Å²) in [4.78, 5) is 35.7. The van der Waals surface area contributed by atoms with Crippen molar-refractivity contribution in [3.63, 3.8) is 0 Å². The predicted octanol–water partition coefficient (Wildman–Crippen LogP) is -0.0217. The van der Waals surface area contributed by atoms with Crippen LogP contribution in [-0.4, -0.2) is 46.9 Å². The van der Waals surface area contributed by atoms with Crippen LogP contribution in [0.25, 0.3) is 0 Å². The molecule has 1 aliphatic heterocycles. The molecule has 1 heterocycles. The number of aliphatic carboxylic acids is 1. The molecule has 6 nitrogen and oxygen atoms in total. The zero-order valence-electron chi connectivity index (χ0n) is 10.4. The van der Waals surface area contributed by atoms with Crippen LogP contribution >= 0.6 is 0 Å². The highest BCUT2D eigenvalue weighted by Crippen LogP contribution is 2.47. The first-order valence-electron chi connectivity index (χ1n) is 6.25. The minimum atomic E-state index is -1.14. The second-order valence-corrected chi connectivity index (χ2v) is 5.15. The van der Waals surface area contributed by atoms with Gasteiger partial charge in [-0.15, -0.1) is 0 Å². The van der Waals surface area contributed by atoms with E-state index in [1.165, 1.54) is 6.92 Å². The van der Waals surface area contributed by atoms with E-state index in [1.807, 2.05) is 0 Å². The average molecular weight is 254 g/mol. The van der Waals surface area contributed by atoms with Crippen LogP contribution in [0.1, 0.15) is 32.6 Å². The van der Waals surface area contributed by atoms with Crippen LogP contribution in [-0.2, 0) is 14.4 Å². The van der Waals surface area contributed by atoms with Crippen molar-refractivity contribution in [2.24, 2.45) is 5.41 Å². The Morgan fingerprint density at radius 3 is 2.17 bits per heavy atom. The number of likely N-dealkylation sites (tertiary alicyclic amines) is 1. The summed E-state index contributed by atoms with van der Waals surface area (Å²) < 4.78 is 0. The Labute approximate surface area is 105 Å². The van der Waals surface area contributed by atoms with E-state index in [2.05, 4.69) is 5.32 Å². The number of hydrogen-bond donors (Lipinski definition) is 2. The average Bonchev–Trinajstić information content (AvgIpc) is 3.09. The summed E-state index contributed by atoms with van der Waals surface area (Å²) >= 11 is 0. The van der Waals surface area contributed by atoms with Crippen molar-refractivity contribution in [1.29, 1.82) is 0 Å². The third-order valence-electron chi connectivity index (χ3n) is 3.76. The molecule has 1 aliphatic carbocycles. The maximum atomic E-state index is 12.1. The Bertz CT molecular complexity index is 382. The lowest BCUT2D eigenvalue weighted by Crippen LogP contribution is -2.49. The maximum Gasteiger partial charge on any atom is 0.319 e. The minimum Gasteiger partial charge on any atom is -0.480 e. The Morgan fingerprint density at radius 2 is 1.78 bits per heavy atom. The van der Waals surface area contributed by atoms with Gasteiger partial charge in [-0.05, 0) is 25.7 Å². The first kappa shape index (κ1) is 12.9. The number of hydrogen-bond acceptors (Lipinski definition) is 3. The van der Waals surface area contributed by atoms with E-state index in [-0.39, 0.29) is 17.9 Å². The number of rotatable bonds is 3. The molecule has 0 spiro atoms. The second-order valence-electron chi connectivity index (χ2n) is 5.15. The zero-order chi connectivity index (χ0) is 13.3. The summed E-state index contributed by atoms with van der Waals surface area (Å²) in [6.07, 6.45) is 2.29. The highest BCUT2D eigenvalue weighted by atomic mass is 16.4. The van der Waals surface area contributed by atoms with E-state index in [9.17, 15) is 14.4 Å². The first-order chi connectivity index (χ1) is 8.45. The molecule has 2 amide bonds. The zero-order valence-corrected chi connectivity index (χ0v) is 10.4. The Morgan fingerprint density at radius 1 is 1.22 bits per heavy atom. The fourth-order valence-electron chi connectivity index (χ4n) is 2.46. The lowest BCUT2D eigenvalue weighted by Gasteiger charge is -2.33. The van der Waals surface area contributed by atoms with Crippen molar-refractivity contribution in [3.8, 4) is 0 Å². The number of carboxylic acids is 1. The molecule has 100 valence electrons. The molecule has 0 aromatic rings. The predicted molar refractivity (Wildman–Crippen MR) is 62.7 cm³/mol. The highest BCUT2D eigenvalue weighted by molar-refractivity contribution is 6.04. The van der Waals surface area contributed by atoms with Gasteiger partial charge in [-0.1, -0.05) is 0 Å². The number of piperidine rings is 1. The van der Waals surface area contributed by atoms with Crippen molar-refractivity contribution in [2.75, 3.05) is 13.1 Å². The van der Waals surface area contributed by atoms with Crippen molar-refractivity contribution < 1.29 is 19.5 Å². The van der Waals surface area contributed by atoms with Crippen LogP contribution in [0, 0.1) is 5.41 Å². The van der Waals surface area contributed by atoms with Crippen LogP contribution in [0.2, 0.25) is 0 Å². The van der Waals surface area contributed by atoms with Gasteiger partial charge in [0.2, 0.25) is 11.8 Å². The molecule has 1 saturated carbocycles. The summed E-state index contributed by atoms with van der Waals surface area (Å²) in [5, 5.41) is 11.9. The van der Waals surface area contributed by atoms with Crippen LogP contribution < -0.4 is 5.32 Å². The van der Waals surface area contributed by atoms with Gasteiger partial charge < -0.3 is 15.3 Å². The molecule has 0 radical (unpaired) electrons.